The molecule has 0 saturated heterocycles. The predicted octanol–water partition coefficient (Wildman–Crippen LogP) is 3.61. The van der Waals surface area contributed by atoms with Crippen molar-refractivity contribution in [3.63, 3.8) is 0 Å². The van der Waals surface area contributed by atoms with Gasteiger partial charge in [0.05, 0.1) is 17.7 Å². The Balaban J connectivity index is 2.18. The van der Waals surface area contributed by atoms with Gasteiger partial charge in [-0.15, -0.1) is 0 Å². The van der Waals surface area contributed by atoms with Crippen molar-refractivity contribution in [2.75, 3.05) is 17.1 Å². The first-order valence-corrected chi connectivity index (χ1v) is 10.5. The fraction of sp³-hybridized carbons (Fsp3) is 0.222. The molecule has 0 saturated carbocycles. The van der Waals surface area contributed by atoms with Crippen LogP contribution >= 0.6 is 23.2 Å². The van der Waals surface area contributed by atoms with Gasteiger partial charge in [0.25, 0.3) is 5.91 Å². The lowest BCUT2D eigenvalue weighted by Crippen LogP contribution is -2.39. The van der Waals surface area contributed by atoms with Crippen LogP contribution in [0.1, 0.15) is 18.1 Å². The third-order valence-corrected chi connectivity index (χ3v) is 5.59. The number of sulfonamides is 1. The van der Waals surface area contributed by atoms with E-state index in [9.17, 15) is 13.2 Å². The maximum Gasteiger partial charge on any atom is 0.260 e. The minimum absolute atomic E-state index is 0.346. The van der Waals surface area contributed by atoms with Gasteiger partial charge in [0, 0.05) is 10.0 Å². The summed E-state index contributed by atoms with van der Waals surface area (Å²) in [5.41, 5.74) is 4.64. The molecule has 2 aromatic carbocycles. The highest BCUT2D eigenvalue weighted by Gasteiger charge is 2.23. The highest BCUT2D eigenvalue weighted by Crippen LogP contribution is 2.27. The van der Waals surface area contributed by atoms with Crippen molar-refractivity contribution in [2.45, 2.75) is 13.8 Å². The van der Waals surface area contributed by atoms with E-state index in [2.05, 4.69) is 10.5 Å². The summed E-state index contributed by atoms with van der Waals surface area (Å²) in [6.07, 6.45) is 1.03. The van der Waals surface area contributed by atoms with Crippen LogP contribution in [0.4, 0.5) is 5.69 Å². The van der Waals surface area contributed by atoms with Gasteiger partial charge in [-0.3, -0.25) is 9.10 Å². The topological polar surface area (TPSA) is 78.8 Å². The summed E-state index contributed by atoms with van der Waals surface area (Å²) < 4.78 is 25.4. The van der Waals surface area contributed by atoms with Crippen LogP contribution in [-0.4, -0.2) is 32.8 Å². The zero-order valence-electron chi connectivity index (χ0n) is 15.0. The third-order valence-electron chi connectivity index (χ3n) is 3.81. The van der Waals surface area contributed by atoms with Gasteiger partial charge in [-0.05, 0) is 49.2 Å². The molecular weight excluding hydrogens is 409 g/mol. The summed E-state index contributed by atoms with van der Waals surface area (Å²) in [5, 5.41) is 5.03. The van der Waals surface area contributed by atoms with Crippen molar-refractivity contribution in [1.82, 2.24) is 5.43 Å². The van der Waals surface area contributed by atoms with E-state index in [1.807, 2.05) is 0 Å². The Hall–Kier alpha value is -2.09. The average molecular weight is 428 g/mol. The number of hydrazone groups is 1. The third kappa shape index (κ3) is 5.69. The monoisotopic (exact) mass is 427 g/mol. The Morgan fingerprint density at radius 2 is 1.78 bits per heavy atom. The van der Waals surface area contributed by atoms with E-state index in [-0.39, 0.29) is 0 Å². The van der Waals surface area contributed by atoms with Crippen LogP contribution in [-0.2, 0) is 14.8 Å². The van der Waals surface area contributed by atoms with Crippen molar-refractivity contribution >= 4 is 50.5 Å². The lowest BCUT2D eigenvalue weighted by atomic mass is 10.1. The van der Waals surface area contributed by atoms with E-state index in [4.69, 9.17) is 23.2 Å². The molecule has 1 N–H and O–H groups in total. The van der Waals surface area contributed by atoms with Gasteiger partial charge < -0.3 is 0 Å². The fourth-order valence-electron chi connectivity index (χ4n) is 2.31. The minimum Gasteiger partial charge on any atom is -0.271 e. The molecule has 0 aromatic heterocycles. The largest absolute Gasteiger partial charge is 0.271 e. The molecule has 9 heteroatoms. The molecule has 0 fully saturated rings. The summed E-state index contributed by atoms with van der Waals surface area (Å²) >= 11 is 11.9. The number of carbonyl (C=O) groups is 1. The first-order valence-electron chi connectivity index (χ1n) is 7.91. The number of amides is 1. The second-order valence-electron chi connectivity index (χ2n) is 5.89. The Bertz CT molecular complexity index is 974. The first-order chi connectivity index (χ1) is 12.6. The van der Waals surface area contributed by atoms with E-state index >= 15 is 0 Å². The van der Waals surface area contributed by atoms with E-state index in [1.165, 1.54) is 0 Å². The molecule has 27 heavy (non-hydrogen) atoms. The van der Waals surface area contributed by atoms with E-state index < -0.39 is 22.5 Å². The SMILES string of the molecule is C/C(=N/NC(=O)CN(c1cccc(Cl)c1C)S(C)(=O)=O)c1ccc(Cl)cc1. The quantitative estimate of drug-likeness (QED) is 0.564. The number of nitrogens with zero attached hydrogens (tertiary/aromatic N) is 2. The summed E-state index contributed by atoms with van der Waals surface area (Å²) in [4.78, 5) is 12.3. The van der Waals surface area contributed by atoms with Gasteiger partial charge in [-0.2, -0.15) is 5.10 Å². The maximum absolute atomic E-state index is 12.3. The van der Waals surface area contributed by atoms with Gasteiger partial charge in [-0.25, -0.2) is 13.8 Å². The second kappa shape index (κ2) is 8.73. The number of anilines is 1. The number of hydrogen-bond donors (Lipinski definition) is 1. The van der Waals surface area contributed by atoms with Crippen LogP contribution in [0.5, 0.6) is 0 Å². The summed E-state index contributed by atoms with van der Waals surface area (Å²) in [6.45, 7) is 2.99. The molecule has 6 nitrogen and oxygen atoms in total. The molecule has 1 amide bonds. The predicted molar refractivity (Wildman–Crippen MR) is 110 cm³/mol. The highest BCUT2D eigenvalue weighted by atomic mass is 35.5. The number of nitrogens with one attached hydrogen (secondary N) is 1. The van der Waals surface area contributed by atoms with Crippen molar-refractivity contribution in [1.29, 1.82) is 0 Å². The number of rotatable bonds is 6. The molecule has 0 unspecified atom stereocenters. The average Bonchev–Trinajstić information content (AvgIpc) is 2.60. The molecule has 0 radical (unpaired) electrons. The Morgan fingerprint density at radius 3 is 2.37 bits per heavy atom. The summed E-state index contributed by atoms with van der Waals surface area (Å²) in [7, 11) is -3.70. The van der Waals surface area contributed by atoms with Crippen LogP contribution in [0.15, 0.2) is 47.6 Å². The molecule has 0 bridgehead atoms. The zero-order chi connectivity index (χ0) is 20.2. The molecule has 0 atom stereocenters. The van der Waals surface area contributed by atoms with Crippen molar-refractivity contribution in [3.8, 4) is 0 Å². The first kappa shape index (κ1) is 21.2. The smallest absolute Gasteiger partial charge is 0.260 e. The maximum atomic E-state index is 12.3. The molecule has 0 aliphatic rings. The van der Waals surface area contributed by atoms with Gasteiger partial charge >= 0.3 is 0 Å². The number of benzene rings is 2. The molecule has 2 rings (SSSR count). The van der Waals surface area contributed by atoms with Gasteiger partial charge in [0.15, 0.2) is 0 Å². The number of carbonyl (C=O) groups excluding carboxylic acids is 1. The Labute approximate surface area is 168 Å². The highest BCUT2D eigenvalue weighted by molar-refractivity contribution is 7.92. The van der Waals surface area contributed by atoms with Crippen LogP contribution in [0.25, 0.3) is 0 Å². The standard InChI is InChI=1S/C18H19Cl2N3O3S/c1-12-16(20)5-4-6-17(12)23(27(3,25)26)11-18(24)22-21-13(2)14-7-9-15(19)10-8-14/h4-10H,11H2,1-3H3,(H,22,24)/b21-13-. The second-order valence-corrected chi connectivity index (χ2v) is 8.64. The van der Waals surface area contributed by atoms with E-state index in [0.717, 1.165) is 16.1 Å². The number of hydrogen-bond acceptors (Lipinski definition) is 4. The normalized spacial score (nSPS) is 12.0. The lowest BCUT2D eigenvalue weighted by molar-refractivity contribution is -0.119. The zero-order valence-corrected chi connectivity index (χ0v) is 17.4. The van der Waals surface area contributed by atoms with Crippen molar-refractivity contribution < 1.29 is 13.2 Å². The molecule has 144 valence electrons. The molecule has 0 heterocycles. The Morgan fingerprint density at radius 1 is 1.15 bits per heavy atom. The van der Waals surface area contributed by atoms with Crippen LogP contribution in [0, 0.1) is 6.92 Å². The van der Waals surface area contributed by atoms with Gasteiger partial charge in [0.2, 0.25) is 10.0 Å². The van der Waals surface area contributed by atoms with Crippen LogP contribution < -0.4 is 9.73 Å². The molecular formula is C18H19Cl2N3O3S. The van der Waals surface area contributed by atoms with E-state index in [0.29, 0.717) is 27.0 Å². The number of halogens is 2. The van der Waals surface area contributed by atoms with Gasteiger partial charge in [-0.1, -0.05) is 41.4 Å². The molecule has 0 spiro atoms. The lowest BCUT2D eigenvalue weighted by Gasteiger charge is -2.23. The van der Waals surface area contributed by atoms with Gasteiger partial charge in [0.1, 0.15) is 6.54 Å². The van der Waals surface area contributed by atoms with Crippen LogP contribution in [0.3, 0.4) is 0 Å². The van der Waals surface area contributed by atoms with E-state index in [1.54, 1.807) is 56.3 Å². The minimum atomic E-state index is -3.70. The summed E-state index contributed by atoms with van der Waals surface area (Å²) in [6, 6.07) is 11.8. The molecule has 0 aliphatic heterocycles. The fourth-order valence-corrected chi connectivity index (χ4v) is 3.52. The Kier molecular flexibility index (Phi) is 6.86. The van der Waals surface area contributed by atoms with Crippen molar-refractivity contribution in [2.24, 2.45) is 5.10 Å². The van der Waals surface area contributed by atoms with Crippen molar-refractivity contribution in [3.05, 3.63) is 63.6 Å². The van der Waals surface area contributed by atoms with Crippen LogP contribution in [0.2, 0.25) is 10.0 Å². The summed E-state index contributed by atoms with van der Waals surface area (Å²) in [5.74, 6) is -0.576. The molecule has 2 aromatic rings. The molecule has 0 aliphatic carbocycles.